The van der Waals surface area contributed by atoms with Crippen LogP contribution in [0.1, 0.15) is 5.56 Å². The molecule has 0 N–H and O–H groups in total. The van der Waals surface area contributed by atoms with Gasteiger partial charge in [0, 0.05) is 21.6 Å². The molecule has 0 atom stereocenters. The Morgan fingerprint density at radius 1 is 1.12 bits per heavy atom. The number of fused-ring (bicyclic) bond motifs is 2. The van der Waals surface area contributed by atoms with E-state index in [1.54, 1.807) is 30.5 Å². The molecule has 6 heteroatoms. The molecule has 0 radical (unpaired) electrons. The SMILES string of the molecule is O=c1c2cc(Br)ccc2ncn1Cc1cc(F)cc2cccnc12. The minimum atomic E-state index is -0.352. The predicted octanol–water partition coefficient (Wildman–Crippen LogP) is 3.89. The van der Waals surface area contributed by atoms with E-state index in [9.17, 15) is 9.18 Å². The molecular weight excluding hydrogens is 373 g/mol. The van der Waals surface area contributed by atoms with Crippen LogP contribution < -0.4 is 5.56 Å². The molecule has 0 spiro atoms. The van der Waals surface area contributed by atoms with Crippen molar-refractivity contribution in [2.45, 2.75) is 6.54 Å². The number of halogens is 2. The van der Waals surface area contributed by atoms with Crippen LogP contribution in [0, 0.1) is 5.82 Å². The van der Waals surface area contributed by atoms with Crippen molar-refractivity contribution in [2.24, 2.45) is 0 Å². The Balaban J connectivity index is 1.89. The summed E-state index contributed by atoms with van der Waals surface area (Å²) in [5.74, 6) is -0.352. The summed E-state index contributed by atoms with van der Waals surface area (Å²) in [6, 6.07) is 11.8. The molecule has 0 saturated heterocycles. The van der Waals surface area contributed by atoms with Crippen LogP contribution in [0.3, 0.4) is 0 Å². The summed E-state index contributed by atoms with van der Waals surface area (Å²) in [6.45, 7) is 0.208. The van der Waals surface area contributed by atoms with Crippen molar-refractivity contribution in [3.05, 3.63) is 81.2 Å². The van der Waals surface area contributed by atoms with Gasteiger partial charge >= 0.3 is 0 Å². The molecule has 4 aromatic rings. The molecule has 118 valence electrons. The number of rotatable bonds is 2. The highest BCUT2D eigenvalue weighted by atomic mass is 79.9. The van der Waals surface area contributed by atoms with Crippen molar-refractivity contribution in [3.63, 3.8) is 0 Å². The maximum absolute atomic E-state index is 13.9. The lowest BCUT2D eigenvalue weighted by Gasteiger charge is -2.09. The van der Waals surface area contributed by atoms with Crippen molar-refractivity contribution in [3.8, 4) is 0 Å². The second-order valence-electron chi connectivity index (χ2n) is 5.48. The van der Waals surface area contributed by atoms with Gasteiger partial charge in [-0.25, -0.2) is 9.37 Å². The summed E-state index contributed by atoms with van der Waals surface area (Å²) >= 11 is 3.36. The van der Waals surface area contributed by atoms with E-state index in [0.717, 1.165) is 4.47 Å². The van der Waals surface area contributed by atoms with Crippen LogP contribution in [-0.2, 0) is 6.54 Å². The van der Waals surface area contributed by atoms with Crippen LogP contribution in [0.25, 0.3) is 21.8 Å². The second-order valence-corrected chi connectivity index (χ2v) is 6.39. The van der Waals surface area contributed by atoms with E-state index >= 15 is 0 Å². The Labute approximate surface area is 144 Å². The summed E-state index contributed by atoms with van der Waals surface area (Å²) in [5, 5.41) is 1.22. The number of nitrogens with zero attached hydrogens (tertiary/aromatic N) is 3. The minimum absolute atomic E-state index is 0.172. The number of aromatic nitrogens is 3. The molecule has 2 aromatic carbocycles. The lowest BCUT2D eigenvalue weighted by Crippen LogP contribution is -2.21. The summed E-state index contributed by atoms with van der Waals surface area (Å²) in [5.41, 5.74) is 1.78. The second kappa shape index (κ2) is 5.79. The number of hydrogen-bond acceptors (Lipinski definition) is 3. The molecule has 2 aromatic heterocycles. The van der Waals surface area contributed by atoms with Crippen molar-refractivity contribution in [1.82, 2.24) is 14.5 Å². The Morgan fingerprint density at radius 3 is 2.88 bits per heavy atom. The van der Waals surface area contributed by atoms with Crippen molar-refractivity contribution >= 4 is 37.7 Å². The van der Waals surface area contributed by atoms with Crippen molar-refractivity contribution < 1.29 is 4.39 Å². The van der Waals surface area contributed by atoms with Gasteiger partial charge in [0.2, 0.25) is 0 Å². The number of hydrogen-bond donors (Lipinski definition) is 0. The minimum Gasteiger partial charge on any atom is -0.294 e. The fourth-order valence-corrected chi connectivity index (χ4v) is 3.14. The Kier molecular flexibility index (Phi) is 3.61. The molecule has 0 aliphatic heterocycles. The molecule has 4 nitrogen and oxygen atoms in total. The largest absolute Gasteiger partial charge is 0.294 e. The van der Waals surface area contributed by atoms with E-state index in [4.69, 9.17) is 0 Å². The van der Waals surface area contributed by atoms with Gasteiger partial charge in [0.15, 0.2) is 0 Å². The molecule has 0 saturated carbocycles. The highest BCUT2D eigenvalue weighted by Gasteiger charge is 2.09. The third kappa shape index (κ3) is 2.59. The molecular formula is C18H11BrFN3O. The monoisotopic (exact) mass is 383 g/mol. The number of pyridine rings is 1. The fraction of sp³-hybridized carbons (Fsp3) is 0.0556. The molecule has 0 aliphatic carbocycles. The van der Waals surface area contributed by atoms with Crippen LogP contribution in [-0.4, -0.2) is 14.5 Å². The van der Waals surface area contributed by atoms with Gasteiger partial charge in [-0.1, -0.05) is 22.0 Å². The normalized spacial score (nSPS) is 11.2. The van der Waals surface area contributed by atoms with E-state index in [2.05, 4.69) is 25.9 Å². The zero-order valence-electron chi connectivity index (χ0n) is 12.4. The fourth-order valence-electron chi connectivity index (χ4n) is 2.78. The zero-order chi connectivity index (χ0) is 16.7. The average molecular weight is 384 g/mol. The number of benzene rings is 2. The van der Waals surface area contributed by atoms with E-state index in [1.165, 1.54) is 23.0 Å². The van der Waals surface area contributed by atoms with E-state index < -0.39 is 0 Å². The quantitative estimate of drug-likeness (QED) is 0.527. The highest BCUT2D eigenvalue weighted by molar-refractivity contribution is 9.10. The van der Waals surface area contributed by atoms with Gasteiger partial charge in [0.05, 0.1) is 29.3 Å². The smallest absolute Gasteiger partial charge is 0.261 e. The molecule has 0 amide bonds. The van der Waals surface area contributed by atoms with Gasteiger partial charge in [-0.15, -0.1) is 0 Å². The Bertz CT molecular complexity index is 1140. The van der Waals surface area contributed by atoms with Gasteiger partial charge in [0.25, 0.3) is 5.56 Å². The summed E-state index contributed by atoms with van der Waals surface area (Å²) in [7, 11) is 0. The Hall–Kier alpha value is -2.60. The summed E-state index contributed by atoms with van der Waals surface area (Å²) in [6.07, 6.45) is 3.14. The first-order chi connectivity index (χ1) is 11.6. The lowest BCUT2D eigenvalue weighted by atomic mass is 10.1. The van der Waals surface area contributed by atoms with Gasteiger partial charge in [-0.05, 0) is 36.4 Å². The summed E-state index contributed by atoms with van der Waals surface area (Å²) < 4.78 is 16.1. The molecule has 24 heavy (non-hydrogen) atoms. The Morgan fingerprint density at radius 2 is 2.00 bits per heavy atom. The summed E-state index contributed by atoms with van der Waals surface area (Å²) in [4.78, 5) is 21.3. The average Bonchev–Trinajstić information content (AvgIpc) is 2.57. The van der Waals surface area contributed by atoms with Gasteiger partial charge in [-0.3, -0.25) is 14.3 Å². The van der Waals surface area contributed by atoms with Crippen LogP contribution in [0.5, 0.6) is 0 Å². The van der Waals surface area contributed by atoms with Crippen molar-refractivity contribution in [1.29, 1.82) is 0 Å². The van der Waals surface area contributed by atoms with Crippen molar-refractivity contribution in [2.75, 3.05) is 0 Å². The molecule has 0 fully saturated rings. The third-order valence-corrected chi connectivity index (χ3v) is 4.37. The van der Waals surface area contributed by atoms with E-state index in [0.29, 0.717) is 27.4 Å². The van der Waals surface area contributed by atoms with Gasteiger partial charge in [0.1, 0.15) is 5.82 Å². The van der Waals surface area contributed by atoms with Crippen LogP contribution >= 0.6 is 15.9 Å². The van der Waals surface area contributed by atoms with Crippen LogP contribution in [0.4, 0.5) is 4.39 Å². The first kappa shape index (κ1) is 15.0. The maximum atomic E-state index is 13.9. The van der Waals surface area contributed by atoms with Crippen LogP contribution in [0.2, 0.25) is 0 Å². The first-order valence-corrected chi connectivity index (χ1v) is 8.09. The molecule has 0 aliphatic rings. The van der Waals surface area contributed by atoms with Crippen LogP contribution in [0.15, 0.2) is 64.3 Å². The van der Waals surface area contributed by atoms with E-state index in [-0.39, 0.29) is 17.9 Å². The molecule has 4 rings (SSSR count). The topological polar surface area (TPSA) is 47.8 Å². The third-order valence-electron chi connectivity index (χ3n) is 3.88. The first-order valence-electron chi connectivity index (χ1n) is 7.30. The van der Waals surface area contributed by atoms with Gasteiger partial charge in [-0.2, -0.15) is 0 Å². The standard InChI is InChI=1S/C18H11BrFN3O/c19-13-3-4-16-15(8-13)18(24)23(10-22-16)9-12-7-14(20)6-11-2-1-5-21-17(11)12/h1-8,10H,9H2. The predicted molar refractivity (Wildman–Crippen MR) is 94.5 cm³/mol. The zero-order valence-corrected chi connectivity index (χ0v) is 14.0. The molecule has 0 bridgehead atoms. The highest BCUT2D eigenvalue weighted by Crippen LogP contribution is 2.20. The molecule has 2 heterocycles. The maximum Gasteiger partial charge on any atom is 0.261 e. The lowest BCUT2D eigenvalue weighted by molar-refractivity contribution is 0.625. The molecule has 0 unspecified atom stereocenters. The van der Waals surface area contributed by atoms with Gasteiger partial charge < -0.3 is 0 Å². The van der Waals surface area contributed by atoms with E-state index in [1.807, 2.05) is 6.07 Å².